The quantitative estimate of drug-likeness (QED) is 0.401. The van der Waals surface area contributed by atoms with Gasteiger partial charge in [0.25, 0.3) is 11.8 Å². The van der Waals surface area contributed by atoms with Crippen molar-refractivity contribution in [1.29, 1.82) is 0 Å². The van der Waals surface area contributed by atoms with E-state index >= 15 is 0 Å². The van der Waals surface area contributed by atoms with Crippen LogP contribution in [0.15, 0.2) is 67.1 Å². The number of piperazine rings is 1. The molecule has 0 bridgehead atoms. The number of anilines is 1. The van der Waals surface area contributed by atoms with Crippen molar-refractivity contribution in [3.05, 3.63) is 78.4 Å². The molecule has 10 heteroatoms. The van der Waals surface area contributed by atoms with E-state index in [1.165, 1.54) is 4.90 Å². The highest BCUT2D eigenvalue weighted by Crippen LogP contribution is 2.17. The van der Waals surface area contributed by atoms with Crippen LogP contribution in [-0.2, 0) is 29.8 Å². The zero-order chi connectivity index (χ0) is 25.5. The smallest absolute Gasteiger partial charge is 0.254 e. The maximum atomic E-state index is 12.7. The summed E-state index contributed by atoms with van der Waals surface area (Å²) in [6, 6.07) is 17.0. The first-order chi connectivity index (χ1) is 17.4. The Bertz CT molecular complexity index is 1140. The largest absolute Gasteiger partial charge is 0.487 e. The lowest BCUT2D eigenvalue weighted by Gasteiger charge is -2.37. The minimum absolute atomic E-state index is 0.133. The van der Waals surface area contributed by atoms with Crippen LogP contribution in [0.3, 0.4) is 0 Å². The molecule has 0 saturated carbocycles. The predicted molar refractivity (Wildman–Crippen MR) is 133 cm³/mol. The van der Waals surface area contributed by atoms with Crippen molar-refractivity contribution in [2.75, 3.05) is 31.1 Å². The van der Waals surface area contributed by atoms with Crippen LogP contribution in [0, 0.1) is 0 Å². The number of amides is 2. The number of carbonyl (C=O) groups is 2. The van der Waals surface area contributed by atoms with Gasteiger partial charge in [-0.3, -0.25) is 9.59 Å². The normalized spacial score (nSPS) is 15.3. The maximum Gasteiger partial charge on any atom is 0.254 e. The Morgan fingerprint density at radius 3 is 2.33 bits per heavy atom. The summed E-state index contributed by atoms with van der Waals surface area (Å²) in [5.74, 6) is -0.796. The zero-order valence-corrected chi connectivity index (χ0v) is 20.2. The minimum Gasteiger partial charge on any atom is -0.487 e. The number of benzene rings is 2. The second-order valence-corrected chi connectivity index (χ2v) is 8.68. The molecule has 0 unspecified atom stereocenters. The van der Waals surface area contributed by atoms with E-state index in [-0.39, 0.29) is 6.54 Å². The van der Waals surface area contributed by atoms with Crippen molar-refractivity contribution in [1.82, 2.24) is 19.8 Å². The summed E-state index contributed by atoms with van der Waals surface area (Å²) in [5.41, 5.74) is 2.78. The van der Waals surface area contributed by atoms with Crippen LogP contribution in [0.2, 0.25) is 0 Å². The molecule has 2 amide bonds. The van der Waals surface area contributed by atoms with Crippen LogP contribution in [0.1, 0.15) is 11.3 Å². The van der Waals surface area contributed by atoms with E-state index < -0.39 is 24.0 Å². The number of aliphatic hydroxyl groups is 2. The van der Waals surface area contributed by atoms with Gasteiger partial charge in [-0.2, -0.15) is 0 Å². The summed E-state index contributed by atoms with van der Waals surface area (Å²) in [5, 5.41) is 23.2. The Hall–Kier alpha value is -3.89. The van der Waals surface area contributed by atoms with Gasteiger partial charge in [0.1, 0.15) is 12.4 Å². The Kier molecular flexibility index (Phi) is 8.19. The number of imidazole rings is 1. The van der Waals surface area contributed by atoms with Crippen molar-refractivity contribution < 1.29 is 24.5 Å². The number of para-hydroxylation sites is 1. The average molecular weight is 494 g/mol. The van der Waals surface area contributed by atoms with E-state index in [9.17, 15) is 19.8 Å². The number of aryl methyl sites for hydroxylation is 1. The molecule has 4 rings (SSSR count). The number of nitrogens with zero attached hydrogens (tertiary/aromatic N) is 4. The van der Waals surface area contributed by atoms with Gasteiger partial charge in [0.05, 0.1) is 18.2 Å². The Labute approximate surface area is 209 Å². The van der Waals surface area contributed by atoms with Crippen LogP contribution < -0.4 is 15.0 Å². The minimum atomic E-state index is -1.86. The number of nitrogens with one attached hydrogen (secondary N) is 1. The van der Waals surface area contributed by atoms with Gasteiger partial charge >= 0.3 is 0 Å². The molecule has 36 heavy (non-hydrogen) atoms. The molecule has 1 aliphatic rings. The third kappa shape index (κ3) is 6.21. The van der Waals surface area contributed by atoms with Gasteiger partial charge in [0, 0.05) is 45.5 Å². The number of hydrogen-bond donors (Lipinski definition) is 3. The average Bonchev–Trinajstić information content (AvgIpc) is 3.34. The lowest BCUT2D eigenvalue weighted by molar-refractivity contribution is -0.153. The van der Waals surface area contributed by atoms with Gasteiger partial charge in [-0.15, -0.1) is 0 Å². The highest BCUT2D eigenvalue weighted by molar-refractivity contribution is 5.90. The van der Waals surface area contributed by atoms with E-state index in [0.29, 0.717) is 38.5 Å². The molecule has 10 nitrogen and oxygen atoms in total. The van der Waals surface area contributed by atoms with Gasteiger partial charge in [0.2, 0.25) is 0 Å². The maximum absolute atomic E-state index is 12.7. The molecule has 2 atom stereocenters. The van der Waals surface area contributed by atoms with E-state index in [1.807, 2.05) is 41.9 Å². The third-order valence-corrected chi connectivity index (χ3v) is 6.23. The number of carbonyl (C=O) groups excluding carboxylic acids is 2. The number of ether oxygens (including phenoxy) is 1. The summed E-state index contributed by atoms with van der Waals surface area (Å²) < 4.78 is 7.60. The fourth-order valence-corrected chi connectivity index (χ4v) is 3.97. The van der Waals surface area contributed by atoms with Gasteiger partial charge < -0.3 is 34.6 Å². The first-order valence-corrected chi connectivity index (χ1v) is 11.8. The van der Waals surface area contributed by atoms with Gasteiger partial charge in [0.15, 0.2) is 12.2 Å². The molecule has 1 aromatic heterocycles. The van der Waals surface area contributed by atoms with E-state index in [2.05, 4.69) is 15.2 Å². The van der Waals surface area contributed by atoms with Crippen LogP contribution in [0.5, 0.6) is 5.75 Å². The van der Waals surface area contributed by atoms with Crippen molar-refractivity contribution in [2.45, 2.75) is 25.4 Å². The molecule has 0 spiro atoms. The molecule has 3 aromatic rings. The lowest BCUT2D eigenvalue weighted by atomic mass is 10.1. The summed E-state index contributed by atoms with van der Waals surface area (Å²) in [7, 11) is 1.89. The lowest BCUT2D eigenvalue weighted by Crippen LogP contribution is -2.55. The SMILES string of the molecule is Cn1cncc1COc1ccc(CNC(=O)[C@H](O)[C@@H](O)C(=O)N2CCN(c3ccccc3)CC2)cc1. The second-order valence-electron chi connectivity index (χ2n) is 8.68. The molecule has 1 saturated heterocycles. The van der Waals surface area contributed by atoms with Crippen molar-refractivity contribution in [2.24, 2.45) is 7.05 Å². The molecule has 0 aliphatic carbocycles. The molecular formula is C26H31N5O5. The first-order valence-electron chi connectivity index (χ1n) is 11.8. The summed E-state index contributed by atoms with van der Waals surface area (Å²) in [6.07, 6.45) is -0.240. The number of rotatable bonds is 9. The van der Waals surface area contributed by atoms with E-state index in [1.54, 1.807) is 36.8 Å². The van der Waals surface area contributed by atoms with Gasteiger partial charge in [-0.05, 0) is 29.8 Å². The third-order valence-electron chi connectivity index (χ3n) is 6.23. The molecular weight excluding hydrogens is 462 g/mol. The molecule has 3 N–H and O–H groups in total. The van der Waals surface area contributed by atoms with Crippen LogP contribution in [0.4, 0.5) is 5.69 Å². The predicted octanol–water partition coefficient (Wildman–Crippen LogP) is 0.686. The first kappa shape index (κ1) is 25.2. The van der Waals surface area contributed by atoms with Crippen molar-refractivity contribution in [3.63, 3.8) is 0 Å². The standard InChI is InChI=1S/C26H31N5O5/c1-29-18-27-16-21(29)17-36-22-9-7-19(8-10-22)15-28-25(34)23(32)24(33)26(35)31-13-11-30(12-14-31)20-5-3-2-4-6-20/h2-10,16,18,23-24,32-33H,11-15,17H2,1H3,(H,28,34)/t23-,24-/m1/s1. The number of hydrogen-bond acceptors (Lipinski definition) is 7. The molecule has 2 heterocycles. The Morgan fingerprint density at radius 2 is 1.69 bits per heavy atom. The molecule has 2 aromatic carbocycles. The monoisotopic (exact) mass is 493 g/mol. The molecule has 0 radical (unpaired) electrons. The van der Waals surface area contributed by atoms with Crippen LogP contribution in [0.25, 0.3) is 0 Å². The number of aliphatic hydroxyl groups excluding tert-OH is 2. The van der Waals surface area contributed by atoms with Crippen molar-refractivity contribution in [3.8, 4) is 5.75 Å². The summed E-state index contributed by atoms with van der Waals surface area (Å²) in [6.45, 7) is 2.52. The fourth-order valence-electron chi connectivity index (χ4n) is 3.97. The summed E-state index contributed by atoms with van der Waals surface area (Å²) >= 11 is 0. The van der Waals surface area contributed by atoms with E-state index in [0.717, 1.165) is 16.9 Å². The van der Waals surface area contributed by atoms with Gasteiger partial charge in [-0.1, -0.05) is 30.3 Å². The molecule has 190 valence electrons. The Balaban J connectivity index is 1.21. The van der Waals surface area contributed by atoms with Crippen molar-refractivity contribution >= 4 is 17.5 Å². The Morgan fingerprint density at radius 1 is 1.00 bits per heavy atom. The van der Waals surface area contributed by atoms with Gasteiger partial charge in [-0.25, -0.2) is 4.98 Å². The molecule has 1 fully saturated rings. The fraction of sp³-hybridized carbons (Fsp3) is 0.346. The van der Waals surface area contributed by atoms with E-state index in [4.69, 9.17) is 4.74 Å². The zero-order valence-electron chi connectivity index (χ0n) is 20.2. The topological polar surface area (TPSA) is 120 Å². The highest BCUT2D eigenvalue weighted by atomic mass is 16.5. The summed E-state index contributed by atoms with van der Waals surface area (Å²) in [4.78, 5) is 32.7. The highest BCUT2D eigenvalue weighted by Gasteiger charge is 2.34. The van der Waals surface area contributed by atoms with Crippen LogP contribution in [-0.4, -0.2) is 74.9 Å². The second kappa shape index (κ2) is 11.7. The molecule has 1 aliphatic heterocycles. The van der Waals surface area contributed by atoms with Crippen LogP contribution >= 0.6 is 0 Å². The number of aromatic nitrogens is 2.